The van der Waals surface area contributed by atoms with Crippen molar-refractivity contribution in [3.63, 3.8) is 0 Å². The number of benzene rings is 1. The molecular weight excluding hydrogens is 304 g/mol. The molecule has 1 aliphatic heterocycles. The van der Waals surface area contributed by atoms with Crippen LogP contribution in [0.15, 0.2) is 41.8 Å². The minimum absolute atomic E-state index is 0.0806. The van der Waals surface area contributed by atoms with E-state index >= 15 is 0 Å². The number of hydrogen-bond acceptors (Lipinski definition) is 4. The highest BCUT2D eigenvalue weighted by atomic mass is 32.2. The van der Waals surface area contributed by atoms with E-state index in [-0.39, 0.29) is 11.4 Å². The lowest BCUT2D eigenvalue weighted by Gasteiger charge is -2.23. The number of nitrogens with zero attached hydrogens (tertiary/aromatic N) is 1. The van der Waals surface area contributed by atoms with E-state index in [1.807, 2.05) is 40.6 Å². The summed E-state index contributed by atoms with van der Waals surface area (Å²) in [6, 6.07) is 11.5. The van der Waals surface area contributed by atoms with Crippen molar-refractivity contribution in [2.24, 2.45) is 0 Å². The SMILES string of the molecule is COc1ccccc1NC(=O)N1CCSC1c1cccs1. The maximum Gasteiger partial charge on any atom is 0.323 e. The second-order valence-electron chi connectivity index (χ2n) is 4.56. The Labute approximate surface area is 132 Å². The average Bonchev–Trinajstić information content (AvgIpc) is 3.18. The van der Waals surface area contributed by atoms with Crippen molar-refractivity contribution in [3.8, 4) is 5.75 Å². The predicted octanol–water partition coefficient (Wildman–Crippen LogP) is 4.04. The van der Waals surface area contributed by atoms with Crippen molar-refractivity contribution < 1.29 is 9.53 Å². The number of hydrogen-bond donors (Lipinski definition) is 1. The molecule has 1 aliphatic rings. The van der Waals surface area contributed by atoms with Crippen molar-refractivity contribution >= 4 is 34.8 Å². The molecule has 2 heterocycles. The van der Waals surface area contributed by atoms with Crippen molar-refractivity contribution in [1.82, 2.24) is 4.90 Å². The normalized spacial score (nSPS) is 17.8. The van der Waals surface area contributed by atoms with Gasteiger partial charge in [0, 0.05) is 17.2 Å². The number of carbonyl (C=O) groups excluding carboxylic acids is 1. The Balaban J connectivity index is 1.75. The number of thiophene rings is 1. The van der Waals surface area contributed by atoms with Gasteiger partial charge in [0.05, 0.1) is 12.8 Å². The fourth-order valence-corrected chi connectivity index (χ4v) is 4.52. The van der Waals surface area contributed by atoms with Crippen molar-refractivity contribution in [2.45, 2.75) is 5.37 Å². The Morgan fingerprint density at radius 1 is 1.33 bits per heavy atom. The number of methoxy groups -OCH3 is 1. The molecule has 2 amide bonds. The van der Waals surface area contributed by atoms with Crippen LogP contribution < -0.4 is 10.1 Å². The summed E-state index contributed by atoms with van der Waals surface area (Å²) < 4.78 is 5.27. The average molecular weight is 320 g/mol. The largest absolute Gasteiger partial charge is 0.495 e. The molecule has 4 nitrogen and oxygen atoms in total. The van der Waals surface area contributed by atoms with E-state index in [2.05, 4.69) is 11.4 Å². The van der Waals surface area contributed by atoms with Gasteiger partial charge < -0.3 is 15.0 Å². The van der Waals surface area contributed by atoms with E-state index in [4.69, 9.17) is 4.74 Å². The molecule has 1 fully saturated rings. The number of urea groups is 1. The zero-order valence-corrected chi connectivity index (χ0v) is 13.2. The molecule has 0 aliphatic carbocycles. The van der Waals surface area contributed by atoms with Gasteiger partial charge >= 0.3 is 6.03 Å². The zero-order valence-electron chi connectivity index (χ0n) is 11.6. The molecule has 0 bridgehead atoms. The number of carbonyl (C=O) groups is 1. The van der Waals surface area contributed by atoms with Gasteiger partial charge in [-0.2, -0.15) is 0 Å². The van der Waals surface area contributed by atoms with Crippen LogP contribution in [-0.4, -0.2) is 30.3 Å². The van der Waals surface area contributed by atoms with E-state index in [1.54, 1.807) is 30.2 Å². The number of ether oxygens (including phenoxy) is 1. The third kappa shape index (κ3) is 3.01. The molecule has 1 unspecified atom stereocenters. The van der Waals surface area contributed by atoms with Crippen LogP contribution in [0.2, 0.25) is 0 Å². The molecule has 6 heteroatoms. The number of amides is 2. The number of thioether (sulfide) groups is 1. The first-order valence-corrected chi connectivity index (χ1v) is 8.58. The van der Waals surface area contributed by atoms with Crippen LogP contribution in [-0.2, 0) is 0 Å². The molecular formula is C15H16N2O2S2. The van der Waals surface area contributed by atoms with Crippen LogP contribution in [0, 0.1) is 0 Å². The minimum atomic E-state index is -0.0806. The first kappa shape index (κ1) is 14.3. The molecule has 1 N–H and O–H groups in total. The van der Waals surface area contributed by atoms with Gasteiger partial charge in [-0.05, 0) is 23.6 Å². The second-order valence-corrected chi connectivity index (χ2v) is 6.73. The molecule has 0 radical (unpaired) electrons. The van der Waals surface area contributed by atoms with Crippen LogP contribution >= 0.6 is 23.1 Å². The van der Waals surface area contributed by atoms with Gasteiger partial charge in [0.25, 0.3) is 0 Å². The summed E-state index contributed by atoms with van der Waals surface area (Å²) in [7, 11) is 1.60. The lowest BCUT2D eigenvalue weighted by Crippen LogP contribution is -2.34. The van der Waals surface area contributed by atoms with Gasteiger partial charge in [-0.15, -0.1) is 23.1 Å². The van der Waals surface area contributed by atoms with Crippen molar-refractivity contribution in [3.05, 3.63) is 46.7 Å². The highest BCUT2D eigenvalue weighted by Gasteiger charge is 2.31. The van der Waals surface area contributed by atoms with E-state index in [0.717, 1.165) is 12.3 Å². The topological polar surface area (TPSA) is 41.6 Å². The summed E-state index contributed by atoms with van der Waals surface area (Å²) in [4.78, 5) is 15.6. The third-order valence-electron chi connectivity index (χ3n) is 3.29. The summed E-state index contributed by atoms with van der Waals surface area (Å²) in [5, 5.41) is 5.11. The van der Waals surface area contributed by atoms with Gasteiger partial charge in [-0.1, -0.05) is 18.2 Å². The van der Waals surface area contributed by atoms with E-state index in [0.29, 0.717) is 11.4 Å². The van der Waals surface area contributed by atoms with Gasteiger partial charge in [-0.3, -0.25) is 0 Å². The van der Waals surface area contributed by atoms with Gasteiger partial charge in [-0.25, -0.2) is 4.79 Å². The lowest BCUT2D eigenvalue weighted by molar-refractivity contribution is 0.214. The van der Waals surface area contributed by atoms with Crippen LogP contribution in [0.4, 0.5) is 10.5 Å². The quantitative estimate of drug-likeness (QED) is 0.928. The molecule has 0 saturated carbocycles. The standard InChI is InChI=1S/C15H16N2O2S2/c1-19-12-6-3-2-5-11(12)16-15(18)17-8-10-21-14(17)13-7-4-9-20-13/h2-7,9,14H,8,10H2,1H3,(H,16,18). The summed E-state index contributed by atoms with van der Waals surface area (Å²) in [5.41, 5.74) is 0.701. The Kier molecular flexibility index (Phi) is 4.36. The van der Waals surface area contributed by atoms with Crippen molar-refractivity contribution in [1.29, 1.82) is 0 Å². The van der Waals surface area contributed by atoms with E-state index < -0.39 is 0 Å². The Morgan fingerprint density at radius 2 is 2.19 bits per heavy atom. The maximum absolute atomic E-state index is 12.5. The Morgan fingerprint density at radius 3 is 2.95 bits per heavy atom. The predicted molar refractivity (Wildman–Crippen MR) is 88.2 cm³/mol. The van der Waals surface area contributed by atoms with Gasteiger partial charge in [0.2, 0.25) is 0 Å². The third-order valence-corrected chi connectivity index (χ3v) is 5.60. The molecule has 0 spiro atoms. The molecule has 110 valence electrons. The monoisotopic (exact) mass is 320 g/mol. The smallest absolute Gasteiger partial charge is 0.323 e. The molecule has 21 heavy (non-hydrogen) atoms. The fourth-order valence-electron chi connectivity index (χ4n) is 2.28. The first-order valence-electron chi connectivity index (χ1n) is 6.65. The van der Waals surface area contributed by atoms with Crippen LogP contribution in [0.5, 0.6) is 5.75 Å². The summed E-state index contributed by atoms with van der Waals surface area (Å²) in [6.07, 6.45) is 0. The molecule has 1 atom stereocenters. The Bertz CT molecular complexity index is 616. The second kappa shape index (κ2) is 6.41. The fraction of sp³-hybridized carbons (Fsp3) is 0.267. The summed E-state index contributed by atoms with van der Waals surface area (Å²) in [6.45, 7) is 0.758. The maximum atomic E-state index is 12.5. The number of rotatable bonds is 3. The number of nitrogens with one attached hydrogen (secondary N) is 1. The molecule has 1 aromatic heterocycles. The van der Waals surface area contributed by atoms with Crippen LogP contribution in [0.1, 0.15) is 10.3 Å². The minimum Gasteiger partial charge on any atom is -0.495 e. The molecule has 2 aromatic rings. The lowest BCUT2D eigenvalue weighted by atomic mass is 10.3. The summed E-state index contributed by atoms with van der Waals surface area (Å²) in [5.74, 6) is 1.63. The Hall–Kier alpha value is -1.66. The highest BCUT2D eigenvalue weighted by molar-refractivity contribution is 7.99. The summed E-state index contributed by atoms with van der Waals surface area (Å²) >= 11 is 3.49. The van der Waals surface area contributed by atoms with E-state index in [9.17, 15) is 4.79 Å². The van der Waals surface area contributed by atoms with E-state index in [1.165, 1.54) is 4.88 Å². The van der Waals surface area contributed by atoms with Crippen molar-refractivity contribution in [2.75, 3.05) is 24.7 Å². The first-order chi connectivity index (χ1) is 10.3. The molecule has 1 saturated heterocycles. The number of anilines is 1. The zero-order chi connectivity index (χ0) is 14.7. The van der Waals surface area contributed by atoms with Gasteiger partial charge in [0.1, 0.15) is 11.1 Å². The number of para-hydroxylation sites is 2. The van der Waals surface area contributed by atoms with Gasteiger partial charge in [0.15, 0.2) is 0 Å². The van der Waals surface area contributed by atoms with Crippen LogP contribution in [0.25, 0.3) is 0 Å². The van der Waals surface area contributed by atoms with Crippen LogP contribution in [0.3, 0.4) is 0 Å². The molecule has 3 rings (SSSR count). The highest BCUT2D eigenvalue weighted by Crippen LogP contribution is 2.40. The molecule has 1 aromatic carbocycles.